The molecule has 0 aromatic carbocycles. The first-order valence-electron chi connectivity index (χ1n) is 17.0. The van der Waals surface area contributed by atoms with E-state index in [4.69, 9.17) is 4.84 Å². The highest BCUT2D eigenvalue weighted by atomic mass is 16.7. The van der Waals surface area contributed by atoms with Crippen molar-refractivity contribution in [3.63, 3.8) is 0 Å². The second-order valence-corrected chi connectivity index (χ2v) is 18.4. The number of fused-ring (bicyclic) bond motifs is 7. The Bertz CT molecular complexity index is 1230. The molecule has 9 atom stereocenters. The van der Waals surface area contributed by atoms with Crippen LogP contribution in [0, 0.1) is 50.2 Å². The lowest BCUT2D eigenvalue weighted by molar-refractivity contribution is -0.228. The van der Waals surface area contributed by atoms with Gasteiger partial charge in [0.15, 0.2) is 5.78 Å². The molecule has 0 heterocycles. The predicted molar refractivity (Wildman–Crippen MR) is 171 cm³/mol. The molecule has 0 aliphatic heterocycles. The quantitative estimate of drug-likeness (QED) is 0.340. The molecule has 5 aliphatic rings. The molecule has 5 rings (SSSR count). The number of carbonyl (C=O) groups excluding carboxylic acids is 3. The maximum absolute atomic E-state index is 14.7. The number of rotatable bonds is 3. The molecule has 5 aliphatic carbocycles. The van der Waals surface area contributed by atoms with E-state index in [1.165, 1.54) is 10.6 Å². The maximum Gasteiger partial charge on any atom is 0.251 e. The average molecular weight is 597 g/mol. The molecule has 1 unspecified atom stereocenters. The van der Waals surface area contributed by atoms with Gasteiger partial charge in [-0.15, -0.1) is 0 Å². The third-order valence-electron chi connectivity index (χ3n) is 14.2. The summed E-state index contributed by atoms with van der Waals surface area (Å²) in [6.45, 7) is 24.0. The van der Waals surface area contributed by atoms with Crippen LogP contribution in [-0.4, -0.2) is 41.4 Å². The third-order valence-corrected chi connectivity index (χ3v) is 14.2. The minimum absolute atomic E-state index is 0.0302. The zero-order valence-electron chi connectivity index (χ0n) is 29.3. The maximum atomic E-state index is 14.7. The van der Waals surface area contributed by atoms with E-state index in [0.29, 0.717) is 11.7 Å². The lowest BCUT2D eigenvalue weighted by atomic mass is 9.33. The van der Waals surface area contributed by atoms with Gasteiger partial charge in [-0.05, 0) is 124 Å². The molecule has 242 valence electrons. The molecule has 0 aromatic rings. The molecule has 1 N–H and O–H groups in total. The van der Waals surface area contributed by atoms with Crippen LogP contribution in [0.5, 0.6) is 0 Å². The first-order valence-corrected chi connectivity index (χ1v) is 17.0. The van der Waals surface area contributed by atoms with E-state index >= 15 is 0 Å². The van der Waals surface area contributed by atoms with Gasteiger partial charge in [-0.3, -0.25) is 19.2 Å². The van der Waals surface area contributed by atoms with E-state index in [1.807, 2.05) is 20.8 Å². The number of nitrogens with one attached hydrogen (secondary N) is 1. The summed E-state index contributed by atoms with van der Waals surface area (Å²) in [6.07, 6.45) is 10.9. The van der Waals surface area contributed by atoms with Crippen molar-refractivity contribution in [3.05, 3.63) is 11.6 Å². The van der Waals surface area contributed by atoms with Gasteiger partial charge in [0.1, 0.15) is 0 Å². The van der Waals surface area contributed by atoms with Gasteiger partial charge in [-0.1, -0.05) is 54.0 Å². The van der Waals surface area contributed by atoms with E-state index in [9.17, 15) is 14.4 Å². The van der Waals surface area contributed by atoms with Crippen molar-refractivity contribution >= 4 is 17.6 Å². The molecule has 0 radical (unpaired) electrons. The lowest BCUT2D eigenvalue weighted by Crippen LogP contribution is -2.67. The van der Waals surface area contributed by atoms with E-state index in [1.54, 1.807) is 14.0 Å². The van der Waals surface area contributed by atoms with E-state index in [0.717, 1.165) is 57.8 Å². The Morgan fingerprint density at radius 1 is 0.930 bits per heavy atom. The number of hydroxylamine groups is 2. The van der Waals surface area contributed by atoms with Gasteiger partial charge in [0.25, 0.3) is 5.91 Å². The van der Waals surface area contributed by atoms with Gasteiger partial charge in [0.2, 0.25) is 5.91 Å². The monoisotopic (exact) mass is 596 g/mol. The van der Waals surface area contributed by atoms with Crippen molar-refractivity contribution in [1.82, 2.24) is 10.4 Å². The van der Waals surface area contributed by atoms with Gasteiger partial charge in [-0.25, -0.2) is 5.06 Å². The molecule has 6 nitrogen and oxygen atoms in total. The van der Waals surface area contributed by atoms with Crippen LogP contribution in [0.1, 0.15) is 134 Å². The van der Waals surface area contributed by atoms with Crippen molar-refractivity contribution < 1.29 is 19.2 Å². The van der Waals surface area contributed by atoms with Crippen molar-refractivity contribution in [2.24, 2.45) is 50.2 Å². The van der Waals surface area contributed by atoms with Crippen LogP contribution in [0.15, 0.2) is 11.6 Å². The number of hydrogen-bond donors (Lipinski definition) is 1. The Hall–Kier alpha value is -1.69. The minimum Gasteiger partial charge on any atom is -0.353 e. The molecule has 0 aromatic heterocycles. The van der Waals surface area contributed by atoms with Crippen molar-refractivity contribution in [2.45, 2.75) is 146 Å². The Kier molecular flexibility index (Phi) is 7.53. The summed E-state index contributed by atoms with van der Waals surface area (Å²) < 4.78 is 0. The van der Waals surface area contributed by atoms with Gasteiger partial charge in [0, 0.05) is 31.3 Å². The third kappa shape index (κ3) is 4.77. The minimum atomic E-state index is -0.528. The summed E-state index contributed by atoms with van der Waals surface area (Å²) in [5.41, 5.74) is 0.0363. The fourth-order valence-electron chi connectivity index (χ4n) is 11.7. The van der Waals surface area contributed by atoms with Crippen LogP contribution in [0.2, 0.25) is 0 Å². The molecule has 2 amide bonds. The summed E-state index contributed by atoms with van der Waals surface area (Å²) >= 11 is 0. The first kappa shape index (κ1) is 32.7. The first-order chi connectivity index (χ1) is 19.5. The van der Waals surface area contributed by atoms with Gasteiger partial charge in [0.05, 0.1) is 5.60 Å². The van der Waals surface area contributed by atoms with Crippen LogP contribution in [0.4, 0.5) is 0 Å². The summed E-state index contributed by atoms with van der Waals surface area (Å²) in [4.78, 5) is 46.7. The number of ketones is 1. The standard InChI is InChI=1S/C37H60N2O4/c1-23(40)38-28-14-15-35(9)27(32(28,5)6)13-16-37(11)29(35)26(41)21-24-25-22-34(8,30(42)39(12)43-31(2,3)4)18-17-33(25,7)19-20-36(24,37)10/h21,25,27-29H,13-20,22H2,1-12H3,(H,38,40)/t25-,27?,28-,29+,33+,34-,35-,36+,37+/m0/s1. The Morgan fingerprint density at radius 2 is 1.56 bits per heavy atom. The highest BCUT2D eigenvalue weighted by Gasteiger charge is 2.70. The van der Waals surface area contributed by atoms with E-state index < -0.39 is 11.0 Å². The normalized spacial score (nSPS) is 45.5. The highest BCUT2D eigenvalue weighted by molar-refractivity contribution is 5.95. The van der Waals surface area contributed by atoms with Gasteiger partial charge >= 0.3 is 0 Å². The molecular weight excluding hydrogens is 536 g/mol. The molecule has 6 heteroatoms. The molecule has 0 spiro atoms. The van der Waals surface area contributed by atoms with Crippen molar-refractivity contribution in [2.75, 3.05) is 7.05 Å². The Labute approximate surface area is 261 Å². The second-order valence-electron chi connectivity index (χ2n) is 18.4. The van der Waals surface area contributed by atoms with E-state index in [-0.39, 0.29) is 56.8 Å². The van der Waals surface area contributed by atoms with Crippen LogP contribution >= 0.6 is 0 Å². The summed E-state index contributed by atoms with van der Waals surface area (Å²) in [5.74, 6) is 0.944. The molecule has 0 saturated heterocycles. The molecular formula is C37H60N2O4. The van der Waals surface area contributed by atoms with E-state index in [2.05, 4.69) is 59.9 Å². The van der Waals surface area contributed by atoms with Crippen LogP contribution in [0.25, 0.3) is 0 Å². The molecule has 0 bridgehead atoms. The number of nitrogens with zero attached hydrogens (tertiary/aromatic N) is 1. The van der Waals surface area contributed by atoms with Crippen LogP contribution < -0.4 is 5.32 Å². The summed E-state index contributed by atoms with van der Waals surface area (Å²) in [7, 11) is 1.76. The number of carbonyl (C=O) groups is 3. The van der Waals surface area contributed by atoms with Gasteiger partial charge in [-0.2, -0.15) is 0 Å². The fraction of sp³-hybridized carbons (Fsp3) is 0.865. The lowest BCUT2D eigenvalue weighted by Gasteiger charge is -2.70. The zero-order valence-corrected chi connectivity index (χ0v) is 29.3. The predicted octanol–water partition coefficient (Wildman–Crippen LogP) is 7.66. The molecule has 4 saturated carbocycles. The number of hydrogen-bond acceptors (Lipinski definition) is 4. The van der Waals surface area contributed by atoms with Crippen LogP contribution in [-0.2, 0) is 19.2 Å². The smallest absolute Gasteiger partial charge is 0.251 e. The number of allylic oxidation sites excluding steroid dienone is 2. The molecule has 43 heavy (non-hydrogen) atoms. The van der Waals surface area contributed by atoms with Crippen LogP contribution in [0.3, 0.4) is 0 Å². The van der Waals surface area contributed by atoms with Gasteiger partial charge < -0.3 is 5.32 Å². The topological polar surface area (TPSA) is 75.7 Å². The number of amides is 2. The Morgan fingerprint density at radius 3 is 2.16 bits per heavy atom. The highest BCUT2D eigenvalue weighted by Crippen LogP contribution is 2.75. The fourth-order valence-corrected chi connectivity index (χ4v) is 11.7. The second kappa shape index (κ2) is 9.90. The summed E-state index contributed by atoms with van der Waals surface area (Å²) in [6, 6.07) is 0.140. The molecule has 4 fully saturated rings. The zero-order chi connectivity index (χ0) is 32.2. The van der Waals surface area contributed by atoms with Crippen molar-refractivity contribution in [1.29, 1.82) is 0 Å². The SMILES string of the molecule is CC(=O)N[C@H]1CC[C@@]2(C)C(CC[C@]3(C)[C@@H]2C(=O)C=C2[C@@H]4C[C@@](C)(C(=O)N(C)OC(C)(C)C)CC[C@]4(C)CC[C@]23C)C1(C)C. The largest absolute Gasteiger partial charge is 0.353 e. The summed E-state index contributed by atoms with van der Waals surface area (Å²) in [5, 5.41) is 4.74. The Balaban J connectivity index is 1.52. The average Bonchev–Trinajstić information content (AvgIpc) is 2.86. The van der Waals surface area contributed by atoms with Crippen molar-refractivity contribution in [3.8, 4) is 0 Å².